The van der Waals surface area contributed by atoms with Crippen molar-refractivity contribution in [2.75, 3.05) is 6.54 Å². The van der Waals surface area contributed by atoms with Crippen LogP contribution in [0.1, 0.15) is 58.3 Å². The average Bonchev–Trinajstić information content (AvgIpc) is 3.31. The number of nitrogens with one attached hydrogen (secondary N) is 1. The van der Waals surface area contributed by atoms with Crippen LogP contribution in [-0.2, 0) is 4.79 Å². The first-order valence-electron chi connectivity index (χ1n) is 8.16. The fourth-order valence-corrected chi connectivity index (χ4v) is 4.01. The minimum absolute atomic E-state index is 0.142. The van der Waals surface area contributed by atoms with E-state index in [2.05, 4.69) is 12.2 Å². The highest BCUT2D eigenvalue weighted by Gasteiger charge is 2.50. The number of amides is 1. The number of carbonyl (C=O) groups excluding carboxylic acids is 1. The molecule has 3 atom stereocenters. The van der Waals surface area contributed by atoms with E-state index < -0.39 is 0 Å². The minimum Gasteiger partial charge on any atom is -0.349 e. The highest BCUT2D eigenvalue weighted by atomic mass is 16.2. The number of hydrogen-bond acceptors (Lipinski definition) is 2. The number of carbonyl (C=O) groups is 1. The SMILES string of the molecule is CC(CN)(NC(=O)C1CC1C1CCCCC1)C1CC1. The third-order valence-electron chi connectivity index (χ3n) is 5.74. The third-order valence-corrected chi connectivity index (χ3v) is 5.74. The van der Waals surface area contributed by atoms with E-state index in [0.29, 0.717) is 24.3 Å². The van der Waals surface area contributed by atoms with E-state index >= 15 is 0 Å². The third kappa shape index (κ3) is 2.81. The molecule has 0 aromatic rings. The average molecular weight is 264 g/mol. The summed E-state index contributed by atoms with van der Waals surface area (Å²) in [6.07, 6.45) is 10.4. The Morgan fingerprint density at radius 3 is 2.47 bits per heavy atom. The van der Waals surface area contributed by atoms with Gasteiger partial charge in [-0.2, -0.15) is 0 Å². The predicted octanol–water partition coefficient (Wildman–Crippen LogP) is 2.45. The Bertz CT molecular complexity index is 347. The summed E-state index contributed by atoms with van der Waals surface area (Å²) < 4.78 is 0. The molecular formula is C16H28N2O. The molecule has 0 bridgehead atoms. The first-order valence-corrected chi connectivity index (χ1v) is 8.16. The standard InChI is InChI=1S/C16H28N2O/c1-16(10-17,12-7-8-12)18-15(19)14-9-13(14)11-5-3-2-4-6-11/h11-14H,2-10,17H2,1H3,(H,18,19). The molecule has 3 unspecified atom stereocenters. The highest BCUT2D eigenvalue weighted by Crippen LogP contribution is 2.50. The van der Waals surface area contributed by atoms with Gasteiger partial charge < -0.3 is 11.1 Å². The highest BCUT2D eigenvalue weighted by molar-refractivity contribution is 5.82. The summed E-state index contributed by atoms with van der Waals surface area (Å²) in [5.41, 5.74) is 5.74. The molecule has 3 saturated carbocycles. The Hall–Kier alpha value is -0.570. The lowest BCUT2D eigenvalue weighted by atomic mass is 9.85. The Morgan fingerprint density at radius 2 is 1.89 bits per heavy atom. The van der Waals surface area contributed by atoms with Crippen molar-refractivity contribution in [2.45, 2.75) is 63.8 Å². The maximum Gasteiger partial charge on any atom is 0.223 e. The van der Waals surface area contributed by atoms with Gasteiger partial charge in [-0.25, -0.2) is 0 Å². The second-order valence-electron chi connectivity index (χ2n) is 7.29. The zero-order valence-electron chi connectivity index (χ0n) is 12.2. The van der Waals surface area contributed by atoms with Gasteiger partial charge in [0, 0.05) is 12.5 Å². The van der Waals surface area contributed by atoms with Crippen molar-refractivity contribution < 1.29 is 4.79 Å². The van der Waals surface area contributed by atoms with Crippen LogP contribution in [0.2, 0.25) is 0 Å². The van der Waals surface area contributed by atoms with Crippen LogP contribution in [0.15, 0.2) is 0 Å². The molecule has 3 fully saturated rings. The van der Waals surface area contributed by atoms with Gasteiger partial charge in [0.25, 0.3) is 0 Å². The lowest BCUT2D eigenvalue weighted by Gasteiger charge is -2.30. The van der Waals surface area contributed by atoms with Crippen molar-refractivity contribution in [1.29, 1.82) is 0 Å². The molecule has 0 aromatic carbocycles. The Morgan fingerprint density at radius 1 is 1.21 bits per heavy atom. The van der Waals surface area contributed by atoms with Gasteiger partial charge in [-0.05, 0) is 43.9 Å². The lowest BCUT2D eigenvalue weighted by Crippen LogP contribution is -2.53. The fourth-order valence-electron chi connectivity index (χ4n) is 4.01. The molecule has 1 amide bonds. The molecule has 3 nitrogen and oxygen atoms in total. The number of rotatable bonds is 5. The molecule has 0 aromatic heterocycles. The monoisotopic (exact) mass is 264 g/mol. The number of hydrogen-bond donors (Lipinski definition) is 2. The van der Waals surface area contributed by atoms with E-state index in [0.717, 1.165) is 12.3 Å². The number of nitrogens with two attached hydrogens (primary N) is 1. The molecule has 3 rings (SSSR count). The van der Waals surface area contributed by atoms with E-state index in [1.807, 2.05) is 0 Å². The van der Waals surface area contributed by atoms with Crippen LogP contribution in [0.4, 0.5) is 0 Å². The zero-order chi connectivity index (χ0) is 13.5. The zero-order valence-corrected chi connectivity index (χ0v) is 12.2. The molecule has 3 N–H and O–H groups in total. The Kier molecular flexibility index (Phi) is 3.59. The van der Waals surface area contributed by atoms with Gasteiger partial charge in [0.15, 0.2) is 0 Å². The van der Waals surface area contributed by atoms with Crippen LogP contribution in [-0.4, -0.2) is 18.0 Å². The molecule has 3 aliphatic carbocycles. The second kappa shape index (κ2) is 5.08. The van der Waals surface area contributed by atoms with Crippen molar-refractivity contribution in [2.24, 2.45) is 29.4 Å². The van der Waals surface area contributed by atoms with E-state index in [4.69, 9.17) is 5.73 Å². The van der Waals surface area contributed by atoms with Gasteiger partial charge in [-0.15, -0.1) is 0 Å². The van der Waals surface area contributed by atoms with Crippen molar-refractivity contribution in [3.63, 3.8) is 0 Å². The summed E-state index contributed by atoms with van der Waals surface area (Å²) in [4.78, 5) is 12.4. The molecule has 0 spiro atoms. The van der Waals surface area contributed by atoms with E-state index in [-0.39, 0.29) is 11.4 Å². The molecule has 0 saturated heterocycles. The first-order chi connectivity index (χ1) is 9.14. The summed E-state index contributed by atoms with van der Waals surface area (Å²) in [6.45, 7) is 2.70. The van der Waals surface area contributed by atoms with Gasteiger partial charge in [0.05, 0.1) is 5.54 Å². The Labute approximate surface area is 116 Å². The van der Waals surface area contributed by atoms with Crippen molar-refractivity contribution >= 4 is 5.91 Å². The topological polar surface area (TPSA) is 55.1 Å². The van der Waals surface area contributed by atoms with Crippen LogP contribution in [0.3, 0.4) is 0 Å². The smallest absolute Gasteiger partial charge is 0.223 e. The predicted molar refractivity (Wildman–Crippen MR) is 76.5 cm³/mol. The lowest BCUT2D eigenvalue weighted by molar-refractivity contribution is -0.124. The maximum absolute atomic E-state index is 12.4. The fraction of sp³-hybridized carbons (Fsp3) is 0.938. The van der Waals surface area contributed by atoms with Crippen molar-refractivity contribution in [3.05, 3.63) is 0 Å². The molecule has 19 heavy (non-hydrogen) atoms. The maximum atomic E-state index is 12.4. The van der Waals surface area contributed by atoms with Crippen LogP contribution in [0.5, 0.6) is 0 Å². The summed E-state index contributed by atoms with van der Waals surface area (Å²) >= 11 is 0. The summed E-state index contributed by atoms with van der Waals surface area (Å²) in [7, 11) is 0. The summed E-state index contributed by atoms with van der Waals surface area (Å²) in [6, 6.07) is 0. The largest absolute Gasteiger partial charge is 0.349 e. The summed E-state index contributed by atoms with van der Waals surface area (Å²) in [5, 5.41) is 3.27. The molecule has 108 valence electrons. The van der Waals surface area contributed by atoms with E-state index in [9.17, 15) is 4.79 Å². The first kappa shape index (κ1) is 13.4. The van der Waals surface area contributed by atoms with E-state index in [1.165, 1.54) is 44.9 Å². The van der Waals surface area contributed by atoms with Gasteiger partial charge in [-0.1, -0.05) is 32.1 Å². The Balaban J connectivity index is 1.51. The van der Waals surface area contributed by atoms with E-state index in [1.54, 1.807) is 0 Å². The molecule has 0 heterocycles. The van der Waals surface area contributed by atoms with Crippen LogP contribution >= 0.6 is 0 Å². The molecule has 0 radical (unpaired) electrons. The molecular weight excluding hydrogens is 236 g/mol. The van der Waals surface area contributed by atoms with Crippen molar-refractivity contribution in [1.82, 2.24) is 5.32 Å². The van der Waals surface area contributed by atoms with Gasteiger partial charge in [-0.3, -0.25) is 4.79 Å². The van der Waals surface area contributed by atoms with Crippen LogP contribution in [0, 0.1) is 23.7 Å². The minimum atomic E-state index is -0.142. The molecule has 0 aliphatic heterocycles. The van der Waals surface area contributed by atoms with Gasteiger partial charge >= 0.3 is 0 Å². The normalized spacial score (nSPS) is 34.6. The second-order valence-corrected chi connectivity index (χ2v) is 7.29. The quantitative estimate of drug-likeness (QED) is 0.801. The van der Waals surface area contributed by atoms with Gasteiger partial charge in [0.2, 0.25) is 5.91 Å². The van der Waals surface area contributed by atoms with Crippen molar-refractivity contribution in [3.8, 4) is 0 Å². The molecule has 3 heteroatoms. The molecule has 3 aliphatic rings. The van der Waals surface area contributed by atoms with Crippen LogP contribution in [0.25, 0.3) is 0 Å². The van der Waals surface area contributed by atoms with Gasteiger partial charge in [0.1, 0.15) is 0 Å². The van der Waals surface area contributed by atoms with Crippen LogP contribution < -0.4 is 11.1 Å². The summed E-state index contributed by atoms with van der Waals surface area (Å²) in [5.74, 6) is 2.72.